The molecule has 31 unspecified atom stereocenters. The highest BCUT2D eigenvalue weighted by Crippen LogP contribution is 2.52. The van der Waals surface area contributed by atoms with Crippen molar-refractivity contribution in [3.05, 3.63) is 24.3 Å². The van der Waals surface area contributed by atoms with Gasteiger partial charge >= 0.3 is 0 Å². The zero-order chi connectivity index (χ0) is 45.5. The second-order valence-corrected chi connectivity index (χ2v) is 18.9. The molecule has 0 aromatic heterocycles. The van der Waals surface area contributed by atoms with Crippen molar-refractivity contribution in [2.45, 2.75) is 148 Å². The summed E-state index contributed by atoms with van der Waals surface area (Å²) in [6.07, 6.45) is -55.0. The predicted octanol–water partition coefficient (Wildman–Crippen LogP) is 3.57. The van der Waals surface area contributed by atoms with Gasteiger partial charge in [-0.2, -0.15) is 0 Å². The van der Waals surface area contributed by atoms with E-state index in [1.54, 1.807) is 0 Å². The molecule has 8 N–H and O–H groups in total. The normalized spacial score (nSPS) is 58.2. The highest BCUT2D eigenvalue weighted by molar-refractivity contribution is 5.48. The van der Waals surface area contributed by atoms with Crippen LogP contribution in [-0.2, 0) is 0 Å². The monoisotopic (exact) mass is 943 g/mol. The Morgan fingerprint density at radius 1 is 0.438 bits per heavy atom. The highest BCUT2D eigenvalue weighted by atomic mass is 19.2. The molecular formula is C39H48F15N9O. The van der Waals surface area contributed by atoms with Gasteiger partial charge in [0.25, 0.3) is 0 Å². The standard InChI is InChI=1S/C39H48F15N9O/c1-64-8-4-2-7(3-5-8)55-31-17-14(22(45)29(52)30(31)53)35-57-32-9-6-10(40)18(41)19(42)11(9)33(56-32)61-38-15-16(24(47)28(51)27(50)23(15)46)39(63(38)54)62-36-13-12(34(58-36)59-37(17)60-35)20(43)25(48)26(49)21(13)44/h2-5,9-39,55-62H,6H2,1H3. The molecule has 10 rings (SSSR count). The fraction of sp³-hybridized carbons (Fsp3) is 0.846. The fourth-order valence-electron chi connectivity index (χ4n) is 13.0. The van der Waals surface area contributed by atoms with E-state index in [4.69, 9.17) is 4.74 Å². The van der Waals surface area contributed by atoms with Crippen LogP contribution in [0.4, 0.5) is 71.6 Å². The Labute approximate surface area is 356 Å². The van der Waals surface area contributed by atoms with Gasteiger partial charge in [0.1, 0.15) is 49.0 Å². The summed E-state index contributed by atoms with van der Waals surface area (Å²) in [5.74, 6) is -14.0. The molecule has 31 atom stereocenters. The van der Waals surface area contributed by atoms with E-state index >= 15 is 65.9 Å². The topological polar surface area (TPSA) is 109 Å². The number of nitrogens with zero attached hydrogens (tertiary/aromatic N) is 1. The van der Waals surface area contributed by atoms with Crippen molar-refractivity contribution in [2.24, 2.45) is 47.3 Å². The third-order valence-corrected chi connectivity index (χ3v) is 15.9. The maximum Gasteiger partial charge on any atom is 0.165 e. The highest BCUT2D eigenvalue weighted by Gasteiger charge is 2.69. The van der Waals surface area contributed by atoms with Gasteiger partial charge in [-0.3, -0.25) is 37.2 Å². The number of hydrogen-bond donors (Lipinski definition) is 8. The third kappa shape index (κ3) is 6.75. The first-order chi connectivity index (χ1) is 30.4. The lowest BCUT2D eigenvalue weighted by molar-refractivity contribution is -0.0974. The summed E-state index contributed by atoms with van der Waals surface area (Å²) < 4.78 is 243. The molecule has 360 valence electrons. The molecule has 4 saturated carbocycles. The number of nitrogens with one attached hydrogen (secondary N) is 8. The molecule has 1 aromatic rings. The van der Waals surface area contributed by atoms with Crippen LogP contribution in [0.1, 0.15) is 6.42 Å². The summed E-state index contributed by atoms with van der Waals surface area (Å²) in [5, 5.41) is 21.9. The molecule has 4 aliphatic carbocycles. The lowest BCUT2D eigenvalue weighted by atomic mass is 9.71. The summed E-state index contributed by atoms with van der Waals surface area (Å²) in [5.41, 5.74) is 0.197. The average Bonchev–Trinajstić information content (AvgIpc) is 4.00. The van der Waals surface area contributed by atoms with Gasteiger partial charge in [0.15, 0.2) is 43.2 Å². The van der Waals surface area contributed by atoms with E-state index < -0.39 is 196 Å². The molecule has 5 saturated heterocycles. The summed E-state index contributed by atoms with van der Waals surface area (Å²) in [7, 11) is 1.38. The first-order valence-corrected chi connectivity index (χ1v) is 21.6. The molecule has 9 aliphatic rings. The molecule has 25 heteroatoms. The lowest BCUT2D eigenvalue weighted by Crippen LogP contribution is -2.63. The van der Waals surface area contributed by atoms with Crippen molar-refractivity contribution in [1.29, 1.82) is 0 Å². The molecule has 5 aliphatic heterocycles. The van der Waals surface area contributed by atoms with E-state index in [0.29, 0.717) is 5.75 Å². The summed E-state index contributed by atoms with van der Waals surface area (Å²) in [6.45, 7) is 0. The average molecular weight is 944 g/mol. The van der Waals surface area contributed by atoms with Gasteiger partial charge in [0.2, 0.25) is 0 Å². The van der Waals surface area contributed by atoms with Crippen LogP contribution in [0.15, 0.2) is 24.3 Å². The van der Waals surface area contributed by atoms with Gasteiger partial charge in [-0.25, -0.2) is 61.5 Å². The van der Waals surface area contributed by atoms with Crippen LogP contribution in [0.5, 0.6) is 5.75 Å². The van der Waals surface area contributed by atoms with Gasteiger partial charge in [-0.1, -0.05) is 0 Å². The van der Waals surface area contributed by atoms with E-state index in [1.807, 2.05) is 0 Å². The fourth-order valence-corrected chi connectivity index (χ4v) is 13.0. The van der Waals surface area contributed by atoms with Crippen LogP contribution in [-0.4, -0.2) is 154 Å². The van der Waals surface area contributed by atoms with Crippen LogP contribution in [0, 0.1) is 47.3 Å². The zero-order valence-corrected chi connectivity index (χ0v) is 33.4. The summed E-state index contributed by atoms with van der Waals surface area (Å²) >= 11 is 0. The Morgan fingerprint density at radius 3 is 1.30 bits per heavy atom. The minimum atomic E-state index is -3.17. The van der Waals surface area contributed by atoms with E-state index in [0.717, 1.165) is 0 Å². The lowest BCUT2D eigenvalue weighted by Gasteiger charge is -2.45. The number of anilines is 1. The number of hydrogen-bond acceptors (Lipinski definition) is 10. The SMILES string of the molecule is COc1ccc(NC2C(F)C(F)C(F)C3C4NC5NC(NC6C7C(F)C(F)C(F)C(F)C7C(NC7NC(NC(N4)C23)C2C(F)C(F)C(F)C(F)C72)N6F)C2C(F)C(F)C(F)CC52)cc1. The van der Waals surface area contributed by atoms with Crippen molar-refractivity contribution < 1.29 is 70.7 Å². The molecule has 0 radical (unpaired) electrons. The summed E-state index contributed by atoms with van der Waals surface area (Å²) in [6, 6.07) is 4.22. The molecule has 8 bridgehead atoms. The summed E-state index contributed by atoms with van der Waals surface area (Å²) in [4.78, 5) is 0. The Hall–Kier alpha value is -2.55. The Balaban J connectivity index is 1.09. The van der Waals surface area contributed by atoms with E-state index in [2.05, 4.69) is 42.5 Å². The smallest absolute Gasteiger partial charge is 0.165 e. The number of fused-ring (bicyclic) bond motifs is 20. The second-order valence-electron chi connectivity index (χ2n) is 18.9. The van der Waals surface area contributed by atoms with Gasteiger partial charge in [-0.05, 0) is 36.6 Å². The van der Waals surface area contributed by atoms with E-state index in [-0.39, 0.29) is 10.8 Å². The maximum atomic E-state index is 17.0. The van der Waals surface area contributed by atoms with E-state index in [1.165, 1.54) is 31.4 Å². The quantitative estimate of drug-likeness (QED) is 0.170. The van der Waals surface area contributed by atoms with Crippen molar-refractivity contribution in [3.63, 3.8) is 0 Å². The minimum Gasteiger partial charge on any atom is -0.497 e. The minimum absolute atomic E-state index is 0.197. The number of methoxy groups -OCH3 is 1. The van der Waals surface area contributed by atoms with Crippen LogP contribution < -0.4 is 47.3 Å². The molecular weight excluding hydrogens is 895 g/mol. The predicted molar refractivity (Wildman–Crippen MR) is 197 cm³/mol. The van der Waals surface area contributed by atoms with Crippen molar-refractivity contribution in [3.8, 4) is 5.75 Å². The van der Waals surface area contributed by atoms with Gasteiger partial charge in [0, 0.05) is 47.1 Å². The third-order valence-electron chi connectivity index (χ3n) is 15.9. The molecule has 0 amide bonds. The Morgan fingerprint density at radius 2 is 0.812 bits per heavy atom. The zero-order valence-electron chi connectivity index (χ0n) is 33.4. The van der Waals surface area contributed by atoms with Gasteiger partial charge in [0.05, 0.1) is 62.5 Å². The Kier molecular flexibility index (Phi) is 11.7. The molecule has 5 heterocycles. The van der Waals surface area contributed by atoms with E-state index in [9.17, 15) is 0 Å². The number of alkyl halides is 14. The number of halogens is 15. The van der Waals surface area contributed by atoms with Crippen molar-refractivity contribution in [1.82, 2.24) is 42.3 Å². The molecule has 0 spiro atoms. The van der Waals surface area contributed by atoms with Crippen molar-refractivity contribution >= 4 is 5.69 Å². The van der Waals surface area contributed by atoms with Crippen LogP contribution >= 0.6 is 0 Å². The first-order valence-electron chi connectivity index (χ1n) is 21.6. The first kappa shape index (κ1) is 45.2. The maximum absolute atomic E-state index is 17.0. The van der Waals surface area contributed by atoms with Gasteiger partial charge in [-0.15, -0.1) is 9.60 Å². The van der Waals surface area contributed by atoms with Crippen LogP contribution in [0.3, 0.4) is 0 Å². The number of benzene rings is 1. The number of rotatable bonds is 3. The second kappa shape index (κ2) is 16.6. The molecule has 9 fully saturated rings. The number of ether oxygens (including phenoxy) is 1. The molecule has 64 heavy (non-hydrogen) atoms. The van der Waals surface area contributed by atoms with Crippen LogP contribution in [0.25, 0.3) is 0 Å². The molecule has 1 aromatic carbocycles. The van der Waals surface area contributed by atoms with Gasteiger partial charge < -0.3 is 10.1 Å². The Bertz CT molecular complexity index is 1850. The molecule has 10 nitrogen and oxygen atoms in total. The largest absolute Gasteiger partial charge is 0.497 e. The van der Waals surface area contributed by atoms with Crippen LogP contribution in [0.2, 0.25) is 0 Å². The van der Waals surface area contributed by atoms with Crippen molar-refractivity contribution in [2.75, 3.05) is 12.4 Å².